The van der Waals surface area contributed by atoms with Gasteiger partial charge >= 0.3 is 0 Å². The molecular weight excluding hydrogens is 178 g/mol. The first-order valence-corrected chi connectivity index (χ1v) is 4.84. The predicted octanol–water partition coefficient (Wildman–Crippen LogP) is 1.31. The van der Waals surface area contributed by atoms with Gasteiger partial charge in [-0.05, 0) is 17.2 Å². The molecule has 0 aliphatic carbocycles. The van der Waals surface area contributed by atoms with Crippen LogP contribution in [0.25, 0.3) is 0 Å². The molecule has 0 fully saturated rings. The number of fused-ring (bicyclic) bond motifs is 1. The van der Waals surface area contributed by atoms with Gasteiger partial charge in [-0.15, -0.1) is 0 Å². The summed E-state index contributed by atoms with van der Waals surface area (Å²) in [5.41, 5.74) is 2.60. The van der Waals surface area contributed by atoms with Crippen molar-refractivity contribution in [3.63, 3.8) is 0 Å². The summed E-state index contributed by atoms with van der Waals surface area (Å²) >= 11 is 0. The zero-order valence-corrected chi connectivity index (χ0v) is 8.38. The third-order valence-corrected chi connectivity index (χ3v) is 2.33. The molecule has 2 rings (SSSR count). The van der Waals surface area contributed by atoms with Gasteiger partial charge < -0.3 is 9.47 Å². The molecule has 3 heteroatoms. The normalized spacial score (nSPS) is 13.8. The number of hydrogen-bond donors (Lipinski definition) is 1. The van der Waals surface area contributed by atoms with Crippen LogP contribution in [0, 0.1) is 0 Å². The number of ether oxygens (including phenoxy) is 2. The van der Waals surface area contributed by atoms with E-state index in [9.17, 15) is 0 Å². The van der Waals surface area contributed by atoms with E-state index in [1.54, 1.807) is 7.11 Å². The van der Waals surface area contributed by atoms with Crippen LogP contribution in [0.2, 0.25) is 0 Å². The van der Waals surface area contributed by atoms with Gasteiger partial charge in [-0.3, -0.25) is 5.32 Å². The fourth-order valence-corrected chi connectivity index (χ4v) is 1.65. The molecule has 1 heterocycles. The molecule has 1 aliphatic rings. The molecule has 0 bridgehead atoms. The third kappa shape index (κ3) is 2.05. The standard InChI is InChI=1S/C11H15NO2/c1-13-8-12-7-9-2-3-11-10(6-9)4-5-14-11/h2-3,6,12H,4-5,7-8H2,1H3. The van der Waals surface area contributed by atoms with E-state index in [4.69, 9.17) is 9.47 Å². The molecule has 1 aromatic carbocycles. The second-order valence-corrected chi connectivity index (χ2v) is 3.40. The second-order valence-electron chi connectivity index (χ2n) is 3.40. The lowest BCUT2D eigenvalue weighted by Crippen LogP contribution is -2.15. The van der Waals surface area contributed by atoms with Crippen LogP contribution in [0.15, 0.2) is 18.2 Å². The Balaban J connectivity index is 1.98. The van der Waals surface area contributed by atoms with Crippen molar-refractivity contribution in [1.82, 2.24) is 5.32 Å². The van der Waals surface area contributed by atoms with Crippen molar-refractivity contribution < 1.29 is 9.47 Å². The van der Waals surface area contributed by atoms with E-state index in [2.05, 4.69) is 17.4 Å². The van der Waals surface area contributed by atoms with Crippen molar-refractivity contribution >= 4 is 0 Å². The second kappa shape index (κ2) is 4.44. The summed E-state index contributed by atoms with van der Waals surface area (Å²) in [7, 11) is 1.68. The van der Waals surface area contributed by atoms with Crippen LogP contribution < -0.4 is 10.1 Å². The molecule has 0 atom stereocenters. The highest BCUT2D eigenvalue weighted by Gasteiger charge is 2.11. The molecule has 3 nitrogen and oxygen atoms in total. The van der Waals surface area contributed by atoms with Crippen molar-refractivity contribution in [2.24, 2.45) is 0 Å². The Kier molecular flexibility index (Phi) is 3.01. The molecule has 1 N–H and O–H groups in total. The van der Waals surface area contributed by atoms with Gasteiger partial charge in [-0.25, -0.2) is 0 Å². The van der Waals surface area contributed by atoms with Gasteiger partial charge in [0.15, 0.2) is 0 Å². The Morgan fingerprint density at radius 3 is 3.29 bits per heavy atom. The van der Waals surface area contributed by atoms with E-state index in [1.165, 1.54) is 11.1 Å². The SMILES string of the molecule is COCNCc1ccc2c(c1)CCO2. The smallest absolute Gasteiger partial charge is 0.122 e. The highest BCUT2D eigenvalue weighted by molar-refractivity contribution is 5.39. The summed E-state index contributed by atoms with van der Waals surface area (Å²) in [5.74, 6) is 1.04. The number of benzene rings is 1. The van der Waals surface area contributed by atoms with Crippen LogP contribution >= 0.6 is 0 Å². The first-order valence-electron chi connectivity index (χ1n) is 4.84. The van der Waals surface area contributed by atoms with E-state index in [0.29, 0.717) is 6.73 Å². The fourth-order valence-electron chi connectivity index (χ4n) is 1.65. The molecule has 0 spiro atoms. The molecule has 1 aliphatic heterocycles. The van der Waals surface area contributed by atoms with Gasteiger partial charge in [0.05, 0.1) is 13.3 Å². The molecule has 0 saturated heterocycles. The maximum atomic E-state index is 5.43. The molecule has 0 unspecified atom stereocenters. The quantitative estimate of drug-likeness (QED) is 0.578. The molecule has 1 aromatic rings. The zero-order chi connectivity index (χ0) is 9.80. The van der Waals surface area contributed by atoms with E-state index in [1.807, 2.05) is 6.07 Å². The average molecular weight is 193 g/mol. The molecule has 14 heavy (non-hydrogen) atoms. The monoisotopic (exact) mass is 193 g/mol. The Morgan fingerprint density at radius 1 is 1.50 bits per heavy atom. The van der Waals surface area contributed by atoms with Crippen LogP contribution in [0.5, 0.6) is 5.75 Å². The van der Waals surface area contributed by atoms with E-state index in [0.717, 1.165) is 25.3 Å². The van der Waals surface area contributed by atoms with Crippen molar-refractivity contribution in [3.05, 3.63) is 29.3 Å². The lowest BCUT2D eigenvalue weighted by Gasteiger charge is -2.05. The lowest BCUT2D eigenvalue weighted by atomic mass is 10.1. The number of rotatable bonds is 4. The molecule has 0 amide bonds. The minimum atomic E-state index is 0.591. The number of methoxy groups -OCH3 is 1. The lowest BCUT2D eigenvalue weighted by molar-refractivity contribution is 0.174. The molecule has 76 valence electrons. The van der Waals surface area contributed by atoms with Gasteiger partial charge in [-0.1, -0.05) is 12.1 Å². The van der Waals surface area contributed by atoms with Crippen LogP contribution in [-0.4, -0.2) is 20.4 Å². The summed E-state index contributed by atoms with van der Waals surface area (Å²) < 4.78 is 10.4. The van der Waals surface area contributed by atoms with Gasteiger partial charge in [0.25, 0.3) is 0 Å². The van der Waals surface area contributed by atoms with Crippen LogP contribution in [0.4, 0.5) is 0 Å². The minimum absolute atomic E-state index is 0.591. The van der Waals surface area contributed by atoms with Crippen LogP contribution in [0.1, 0.15) is 11.1 Å². The highest BCUT2D eigenvalue weighted by atomic mass is 16.5. The Hall–Kier alpha value is -1.06. The predicted molar refractivity (Wildman–Crippen MR) is 54.4 cm³/mol. The van der Waals surface area contributed by atoms with Crippen LogP contribution in [0.3, 0.4) is 0 Å². The first kappa shape index (κ1) is 9.49. The van der Waals surface area contributed by atoms with Gasteiger partial charge in [-0.2, -0.15) is 0 Å². The summed E-state index contributed by atoms with van der Waals surface area (Å²) in [6, 6.07) is 6.34. The van der Waals surface area contributed by atoms with Crippen molar-refractivity contribution in [3.8, 4) is 5.75 Å². The van der Waals surface area contributed by atoms with Crippen LogP contribution in [-0.2, 0) is 17.7 Å². The van der Waals surface area contributed by atoms with Crippen molar-refractivity contribution in [2.45, 2.75) is 13.0 Å². The third-order valence-electron chi connectivity index (χ3n) is 2.33. The van der Waals surface area contributed by atoms with E-state index >= 15 is 0 Å². The summed E-state index contributed by atoms with van der Waals surface area (Å²) in [6.45, 7) is 2.26. The maximum Gasteiger partial charge on any atom is 0.122 e. The molecular formula is C11H15NO2. The molecule has 0 radical (unpaired) electrons. The molecule has 0 saturated carbocycles. The van der Waals surface area contributed by atoms with E-state index < -0.39 is 0 Å². The van der Waals surface area contributed by atoms with Gasteiger partial charge in [0, 0.05) is 20.1 Å². The Labute approximate surface area is 84.0 Å². The van der Waals surface area contributed by atoms with Crippen molar-refractivity contribution in [1.29, 1.82) is 0 Å². The summed E-state index contributed by atoms with van der Waals surface area (Å²) in [4.78, 5) is 0. The maximum absolute atomic E-state index is 5.43. The van der Waals surface area contributed by atoms with E-state index in [-0.39, 0.29) is 0 Å². The van der Waals surface area contributed by atoms with Gasteiger partial charge in [0.2, 0.25) is 0 Å². The fraction of sp³-hybridized carbons (Fsp3) is 0.455. The largest absolute Gasteiger partial charge is 0.493 e. The average Bonchev–Trinajstić information content (AvgIpc) is 2.65. The first-order chi connectivity index (χ1) is 6.90. The van der Waals surface area contributed by atoms with Crippen molar-refractivity contribution in [2.75, 3.05) is 20.4 Å². The Bertz CT molecular complexity index is 312. The minimum Gasteiger partial charge on any atom is -0.493 e. The summed E-state index contributed by atoms with van der Waals surface area (Å²) in [6.07, 6.45) is 1.04. The summed E-state index contributed by atoms with van der Waals surface area (Å²) in [5, 5.41) is 3.18. The van der Waals surface area contributed by atoms with Gasteiger partial charge in [0.1, 0.15) is 5.75 Å². The highest BCUT2D eigenvalue weighted by Crippen LogP contribution is 2.25. The Morgan fingerprint density at radius 2 is 2.43 bits per heavy atom. The topological polar surface area (TPSA) is 30.5 Å². The number of hydrogen-bond acceptors (Lipinski definition) is 3. The zero-order valence-electron chi connectivity index (χ0n) is 8.38. The molecule has 0 aromatic heterocycles. The number of nitrogens with one attached hydrogen (secondary N) is 1.